The van der Waals surface area contributed by atoms with Crippen molar-refractivity contribution < 1.29 is 9.32 Å². The van der Waals surface area contributed by atoms with E-state index in [9.17, 15) is 4.79 Å². The van der Waals surface area contributed by atoms with Crippen LogP contribution in [0.2, 0.25) is 5.02 Å². The van der Waals surface area contributed by atoms with Crippen molar-refractivity contribution in [2.24, 2.45) is 5.92 Å². The summed E-state index contributed by atoms with van der Waals surface area (Å²) in [5, 5.41) is 8.00. The Morgan fingerprint density at radius 1 is 1.17 bits per heavy atom. The molecular formula is C27H33ClN4O2S. The fourth-order valence-corrected chi connectivity index (χ4v) is 5.07. The number of benzene rings is 2. The normalized spacial score (nSPS) is 16.9. The molecular weight excluding hydrogens is 480 g/mol. The Kier molecular flexibility index (Phi) is 8.52. The lowest BCUT2D eigenvalue weighted by Crippen LogP contribution is -2.43. The van der Waals surface area contributed by atoms with E-state index in [2.05, 4.69) is 53.3 Å². The first-order valence-electron chi connectivity index (χ1n) is 12.1. The van der Waals surface area contributed by atoms with E-state index in [-0.39, 0.29) is 17.2 Å². The number of nitrogens with one attached hydrogen (secondary N) is 1. The maximum atomic E-state index is 12.7. The Labute approximate surface area is 216 Å². The van der Waals surface area contributed by atoms with Gasteiger partial charge in [0, 0.05) is 34.3 Å². The summed E-state index contributed by atoms with van der Waals surface area (Å²) >= 11 is 7.64. The molecule has 6 nitrogen and oxygen atoms in total. The van der Waals surface area contributed by atoms with E-state index >= 15 is 0 Å². The van der Waals surface area contributed by atoms with Gasteiger partial charge in [0.05, 0.1) is 12.5 Å². The van der Waals surface area contributed by atoms with Crippen molar-refractivity contribution in [3.05, 3.63) is 65.0 Å². The van der Waals surface area contributed by atoms with E-state index in [1.54, 1.807) is 11.8 Å². The molecule has 1 unspecified atom stereocenters. The maximum Gasteiger partial charge on any atom is 0.241 e. The number of hydrogen-bond acceptors (Lipinski definition) is 6. The molecule has 0 saturated carbocycles. The van der Waals surface area contributed by atoms with Crippen LogP contribution in [0.1, 0.15) is 45.1 Å². The first kappa shape index (κ1) is 25.7. The molecule has 1 saturated heterocycles. The van der Waals surface area contributed by atoms with Gasteiger partial charge in [0.15, 0.2) is 0 Å². The fourth-order valence-electron chi connectivity index (χ4n) is 4.18. The molecule has 2 heterocycles. The maximum absolute atomic E-state index is 12.7. The molecule has 186 valence electrons. The highest BCUT2D eigenvalue weighted by Crippen LogP contribution is 2.26. The Morgan fingerprint density at radius 3 is 2.63 bits per heavy atom. The molecule has 0 bridgehead atoms. The van der Waals surface area contributed by atoms with E-state index < -0.39 is 0 Å². The van der Waals surface area contributed by atoms with Gasteiger partial charge in [0.1, 0.15) is 0 Å². The zero-order valence-corrected chi connectivity index (χ0v) is 22.2. The second kappa shape index (κ2) is 11.6. The molecule has 2 aromatic carbocycles. The molecule has 1 atom stereocenters. The van der Waals surface area contributed by atoms with Crippen molar-refractivity contribution in [2.75, 3.05) is 25.4 Å². The van der Waals surface area contributed by atoms with Gasteiger partial charge < -0.3 is 9.84 Å². The second-order valence-corrected chi connectivity index (χ2v) is 11.6. The molecule has 1 N–H and O–H groups in total. The van der Waals surface area contributed by atoms with Crippen molar-refractivity contribution in [2.45, 2.75) is 50.5 Å². The van der Waals surface area contributed by atoms with Crippen LogP contribution in [0.4, 0.5) is 0 Å². The summed E-state index contributed by atoms with van der Waals surface area (Å²) < 4.78 is 5.53. The lowest BCUT2D eigenvalue weighted by molar-refractivity contribution is -0.126. The molecule has 35 heavy (non-hydrogen) atoms. The Morgan fingerprint density at radius 2 is 1.91 bits per heavy atom. The SMILES string of the molecule is CC(C)(C)c1ccc(-c2noc(CN3CCCC(C(=O)NCCSc4ccc(Cl)cc4)C3)n2)cc1. The molecule has 3 aromatic rings. The van der Waals surface area contributed by atoms with Crippen molar-refractivity contribution in [3.63, 3.8) is 0 Å². The summed E-state index contributed by atoms with van der Waals surface area (Å²) in [4.78, 5) is 20.7. The summed E-state index contributed by atoms with van der Waals surface area (Å²) in [6, 6.07) is 16.1. The third kappa shape index (κ3) is 7.32. The van der Waals surface area contributed by atoms with Crippen LogP contribution < -0.4 is 5.32 Å². The van der Waals surface area contributed by atoms with Crippen LogP contribution in [0.3, 0.4) is 0 Å². The summed E-state index contributed by atoms with van der Waals surface area (Å²) in [6.45, 7) is 9.41. The zero-order chi connectivity index (χ0) is 24.8. The van der Waals surface area contributed by atoms with Gasteiger partial charge in [0.25, 0.3) is 0 Å². The van der Waals surface area contributed by atoms with Gasteiger partial charge in [0.2, 0.25) is 17.6 Å². The Bertz CT molecular complexity index is 1110. The molecule has 1 aliphatic heterocycles. The number of carbonyl (C=O) groups excluding carboxylic acids is 1. The number of amides is 1. The first-order chi connectivity index (χ1) is 16.8. The van der Waals surface area contributed by atoms with Crippen molar-refractivity contribution in [1.29, 1.82) is 0 Å². The van der Waals surface area contributed by atoms with Crippen LogP contribution in [-0.2, 0) is 16.8 Å². The topological polar surface area (TPSA) is 71.3 Å². The predicted molar refractivity (Wildman–Crippen MR) is 142 cm³/mol. The number of piperidine rings is 1. The van der Waals surface area contributed by atoms with Gasteiger partial charge in [-0.05, 0) is 54.6 Å². The molecule has 8 heteroatoms. The third-order valence-electron chi connectivity index (χ3n) is 6.20. The average molecular weight is 513 g/mol. The fraction of sp³-hybridized carbons (Fsp3) is 0.444. The van der Waals surface area contributed by atoms with Gasteiger partial charge in [-0.15, -0.1) is 11.8 Å². The highest BCUT2D eigenvalue weighted by Gasteiger charge is 2.26. The molecule has 0 aliphatic carbocycles. The number of hydrogen-bond donors (Lipinski definition) is 1. The summed E-state index contributed by atoms with van der Waals surface area (Å²) in [5.41, 5.74) is 2.32. The molecule has 1 amide bonds. The second-order valence-electron chi connectivity index (χ2n) is 10.0. The number of likely N-dealkylation sites (tertiary alicyclic amines) is 1. The Balaban J connectivity index is 1.24. The van der Waals surface area contributed by atoms with Crippen LogP contribution >= 0.6 is 23.4 Å². The number of rotatable bonds is 8. The standard InChI is InChI=1S/C27H33ClN4O2S/c1-27(2,3)21-8-6-19(7-9-21)25-30-24(34-31-25)18-32-15-4-5-20(17-32)26(33)29-14-16-35-23-12-10-22(28)11-13-23/h6-13,20H,4-5,14-18H2,1-3H3,(H,29,33). The van der Waals surface area contributed by atoms with Crippen molar-refractivity contribution in [1.82, 2.24) is 20.4 Å². The minimum absolute atomic E-state index is 0.0170. The summed E-state index contributed by atoms with van der Waals surface area (Å²) in [6.07, 6.45) is 1.88. The van der Waals surface area contributed by atoms with Crippen molar-refractivity contribution in [3.8, 4) is 11.4 Å². The average Bonchev–Trinajstić information content (AvgIpc) is 3.31. The third-order valence-corrected chi connectivity index (χ3v) is 7.46. The van der Waals surface area contributed by atoms with Crippen LogP contribution in [0.15, 0.2) is 57.9 Å². The van der Waals surface area contributed by atoms with Gasteiger partial charge in [-0.2, -0.15) is 4.98 Å². The van der Waals surface area contributed by atoms with Gasteiger partial charge in [-0.3, -0.25) is 9.69 Å². The van der Waals surface area contributed by atoms with Gasteiger partial charge >= 0.3 is 0 Å². The smallest absolute Gasteiger partial charge is 0.241 e. The number of thioether (sulfide) groups is 1. The monoisotopic (exact) mass is 512 g/mol. The van der Waals surface area contributed by atoms with Crippen LogP contribution in [0, 0.1) is 5.92 Å². The number of carbonyl (C=O) groups is 1. The van der Waals surface area contributed by atoms with Gasteiger partial charge in [-0.1, -0.05) is 61.8 Å². The van der Waals surface area contributed by atoms with E-state index in [4.69, 9.17) is 16.1 Å². The number of aromatic nitrogens is 2. The summed E-state index contributed by atoms with van der Waals surface area (Å²) in [5.74, 6) is 2.11. The van der Waals surface area contributed by atoms with Crippen molar-refractivity contribution >= 4 is 29.3 Å². The number of nitrogens with zero attached hydrogens (tertiary/aromatic N) is 3. The minimum atomic E-state index is -0.0170. The molecule has 1 fully saturated rings. The van der Waals surface area contributed by atoms with E-state index in [0.29, 0.717) is 31.3 Å². The quantitative estimate of drug-likeness (QED) is 0.303. The number of halogens is 1. The molecule has 0 spiro atoms. The molecule has 4 rings (SSSR count). The molecule has 1 aliphatic rings. The first-order valence-corrected chi connectivity index (χ1v) is 13.5. The van der Waals surface area contributed by atoms with Crippen LogP contribution in [-0.4, -0.2) is 46.3 Å². The lowest BCUT2D eigenvalue weighted by Gasteiger charge is -2.30. The molecule has 0 radical (unpaired) electrons. The summed E-state index contributed by atoms with van der Waals surface area (Å²) in [7, 11) is 0. The zero-order valence-electron chi connectivity index (χ0n) is 20.6. The van der Waals surface area contributed by atoms with Crippen LogP contribution in [0.25, 0.3) is 11.4 Å². The molecule has 1 aromatic heterocycles. The van der Waals surface area contributed by atoms with E-state index in [1.807, 2.05) is 36.4 Å². The van der Waals surface area contributed by atoms with Gasteiger partial charge in [-0.25, -0.2) is 0 Å². The minimum Gasteiger partial charge on any atom is -0.355 e. The van der Waals surface area contributed by atoms with Crippen LogP contribution in [0.5, 0.6) is 0 Å². The Hall–Kier alpha value is -2.35. The van der Waals surface area contributed by atoms with E-state index in [1.165, 1.54) is 5.56 Å². The van der Waals surface area contributed by atoms with E-state index in [0.717, 1.165) is 40.6 Å². The lowest BCUT2D eigenvalue weighted by atomic mass is 9.87. The highest BCUT2D eigenvalue weighted by molar-refractivity contribution is 7.99. The predicted octanol–water partition coefficient (Wildman–Crippen LogP) is 5.81. The highest BCUT2D eigenvalue weighted by atomic mass is 35.5. The largest absolute Gasteiger partial charge is 0.355 e.